The van der Waals surface area contributed by atoms with Crippen LogP contribution in [0.3, 0.4) is 0 Å². The van der Waals surface area contributed by atoms with Crippen molar-refractivity contribution in [3.63, 3.8) is 0 Å². The van der Waals surface area contributed by atoms with E-state index in [2.05, 4.69) is 0 Å². The van der Waals surface area contributed by atoms with Crippen molar-refractivity contribution in [1.29, 1.82) is 0 Å². The highest BCUT2D eigenvalue weighted by atomic mass is 32.2. The fraction of sp³-hybridized carbons (Fsp3) is 0.833. The van der Waals surface area contributed by atoms with E-state index >= 15 is 0 Å². The van der Waals surface area contributed by atoms with Crippen LogP contribution in [-0.2, 0) is 9.84 Å². The van der Waals surface area contributed by atoms with Gasteiger partial charge >= 0.3 is 0 Å². The van der Waals surface area contributed by atoms with Gasteiger partial charge in [0.2, 0.25) is 0 Å². The summed E-state index contributed by atoms with van der Waals surface area (Å²) >= 11 is 0. The second-order valence-electron chi connectivity index (χ2n) is 2.07. The molecule has 0 aromatic heterocycles. The Kier molecular flexibility index (Phi) is 3.86. The average molecular weight is 148 g/mol. The van der Waals surface area contributed by atoms with Gasteiger partial charge in [0, 0.05) is 0 Å². The lowest BCUT2D eigenvalue weighted by atomic mass is 10.3. The minimum Gasteiger partial charge on any atom is -0.228 e. The fourth-order valence-corrected chi connectivity index (χ4v) is 1.16. The summed E-state index contributed by atoms with van der Waals surface area (Å²) < 4.78 is 20.6. The molecular weight excluding hydrogens is 136 g/mol. The van der Waals surface area contributed by atoms with Gasteiger partial charge in [0.05, 0.1) is 12.0 Å². The van der Waals surface area contributed by atoms with Gasteiger partial charge in [0.1, 0.15) is 0 Å². The predicted molar refractivity (Wildman–Crippen MR) is 37.6 cm³/mol. The Morgan fingerprint density at radius 3 is 2.22 bits per heavy atom. The molecule has 0 saturated heterocycles. The van der Waals surface area contributed by atoms with Gasteiger partial charge < -0.3 is 0 Å². The summed E-state index contributed by atoms with van der Waals surface area (Å²) in [4.78, 5) is 0. The minimum atomic E-state index is -3.20. The van der Waals surface area contributed by atoms with E-state index in [9.17, 15) is 8.42 Å². The summed E-state index contributed by atoms with van der Waals surface area (Å²) in [7, 11) is -3.20. The lowest BCUT2D eigenvalue weighted by molar-refractivity contribution is 0.599. The van der Waals surface area contributed by atoms with Crippen molar-refractivity contribution in [2.24, 2.45) is 0 Å². The van der Waals surface area contributed by atoms with Crippen LogP contribution in [-0.4, -0.2) is 14.2 Å². The first-order valence-electron chi connectivity index (χ1n) is 3.06. The Hall–Kier alpha value is -0.0500. The maximum atomic E-state index is 10.3. The van der Waals surface area contributed by atoms with Gasteiger partial charge in [-0.1, -0.05) is 19.8 Å². The maximum absolute atomic E-state index is 10.3. The molecule has 0 aliphatic heterocycles. The first-order valence-corrected chi connectivity index (χ1v) is 4.78. The Balaban J connectivity index is 3.30. The fourth-order valence-electron chi connectivity index (χ4n) is 0.553. The summed E-state index contributed by atoms with van der Waals surface area (Å²) in [6.45, 7) is 2.02. The first kappa shape index (κ1) is 8.95. The molecule has 9 heavy (non-hydrogen) atoms. The Bertz CT molecular complexity index is 146. The number of unbranched alkanes of at least 4 members (excludes halogenated alkanes) is 2. The van der Waals surface area contributed by atoms with Gasteiger partial charge in [-0.3, -0.25) is 0 Å². The molecule has 54 valence electrons. The van der Waals surface area contributed by atoms with Gasteiger partial charge in [-0.15, -0.1) is 0 Å². The normalized spacial score (nSPS) is 11.8. The molecule has 0 aromatic carbocycles. The number of hydrogen-bond acceptors (Lipinski definition) is 2. The first-order chi connectivity index (χ1) is 4.06. The second kappa shape index (κ2) is 3.88. The van der Waals surface area contributed by atoms with E-state index in [1.807, 2.05) is 6.92 Å². The molecule has 0 unspecified atom stereocenters. The van der Waals surface area contributed by atoms with Crippen molar-refractivity contribution in [1.82, 2.24) is 0 Å². The number of sulfone groups is 1. The van der Waals surface area contributed by atoms with Gasteiger partial charge in [0.25, 0.3) is 0 Å². The third kappa shape index (κ3) is 7.95. The van der Waals surface area contributed by atoms with Crippen molar-refractivity contribution < 1.29 is 8.42 Å². The minimum absolute atomic E-state index is 0.126. The molecule has 2 nitrogen and oxygen atoms in total. The molecule has 0 fully saturated rings. The monoisotopic (exact) mass is 148 g/mol. The van der Waals surface area contributed by atoms with Crippen LogP contribution in [0.5, 0.6) is 0 Å². The number of rotatable bonds is 4. The summed E-state index contributed by atoms with van der Waals surface area (Å²) in [5.74, 6) is 0.126. The van der Waals surface area contributed by atoms with E-state index in [0.29, 0.717) is 6.42 Å². The van der Waals surface area contributed by atoms with Crippen molar-refractivity contribution in [2.75, 3.05) is 5.75 Å². The number of hydrogen-bond donors (Lipinski definition) is 0. The van der Waals surface area contributed by atoms with Crippen LogP contribution >= 0.6 is 0 Å². The molecule has 0 aliphatic rings. The quantitative estimate of drug-likeness (QED) is 0.562. The van der Waals surface area contributed by atoms with Crippen LogP contribution in [0, 0.1) is 6.26 Å². The van der Waals surface area contributed by atoms with E-state index in [0.717, 1.165) is 12.8 Å². The molecule has 0 aromatic rings. The standard InChI is InChI=1S/C6H12O2S/c1-3-4-5-6-9(2,7)8/h2H,3-6H2,1H3. The van der Waals surface area contributed by atoms with E-state index in [1.54, 1.807) is 0 Å². The Morgan fingerprint density at radius 1 is 1.33 bits per heavy atom. The topological polar surface area (TPSA) is 34.1 Å². The summed E-state index contributed by atoms with van der Waals surface area (Å²) in [5, 5.41) is 0. The van der Waals surface area contributed by atoms with Crippen molar-refractivity contribution in [3.8, 4) is 0 Å². The maximum Gasteiger partial charge on any atom is 0.155 e. The zero-order chi connectivity index (χ0) is 7.33. The zero-order valence-corrected chi connectivity index (χ0v) is 6.45. The molecular formula is C6H12O2S. The average Bonchev–Trinajstić information content (AvgIpc) is 1.63. The van der Waals surface area contributed by atoms with Crippen LogP contribution in [0.1, 0.15) is 26.2 Å². The van der Waals surface area contributed by atoms with E-state index < -0.39 is 9.84 Å². The largest absolute Gasteiger partial charge is 0.228 e. The van der Waals surface area contributed by atoms with Gasteiger partial charge in [0.15, 0.2) is 9.84 Å². The Morgan fingerprint density at radius 2 is 1.89 bits per heavy atom. The van der Waals surface area contributed by atoms with Gasteiger partial charge in [-0.05, 0) is 6.42 Å². The van der Waals surface area contributed by atoms with E-state index in [1.165, 1.54) is 0 Å². The molecule has 0 amide bonds. The second-order valence-corrected chi connectivity index (χ2v) is 3.81. The van der Waals surface area contributed by atoms with Crippen molar-refractivity contribution in [3.05, 3.63) is 6.26 Å². The van der Waals surface area contributed by atoms with E-state index in [-0.39, 0.29) is 5.75 Å². The molecule has 0 heterocycles. The SMILES string of the molecule is [CH]S(=O)(=O)CCCCC. The molecule has 0 aliphatic carbocycles. The van der Waals surface area contributed by atoms with Crippen molar-refractivity contribution >= 4 is 9.84 Å². The van der Waals surface area contributed by atoms with Gasteiger partial charge in [-0.25, -0.2) is 8.42 Å². The highest BCUT2D eigenvalue weighted by molar-refractivity contribution is 7.92. The van der Waals surface area contributed by atoms with Crippen LogP contribution < -0.4 is 0 Å². The lowest BCUT2D eigenvalue weighted by Crippen LogP contribution is -1.99. The molecule has 2 radical (unpaired) electrons. The molecule has 0 bridgehead atoms. The summed E-state index contributed by atoms with van der Waals surface area (Å²) in [6.07, 6.45) is 7.40. The Labute approximate surface area is 57.2 Å². The van der Waals surface area contributed by atoms with Crippen LogP contribution in [0.2, 0.25) is 0 Å². The molecule has 0 rings (SSSR count). The van der Waals surface area contributed by atoms with Crippen LogP contribution in [0.25, 0.3) is 0 Å². The van der Waals surface area contributed by atoms with Crippen LogP contribution in [0.15, 0.2) is 0 Å². The van der Waals surface area contributed by atoms with Gasteiger partial charge in [-0.2, -0.15) is 0 Å². The molecule has 0 N–H and O–H groups in total. The molecule has 0 saturated carbocycles. The molecule has 0 atom stereocenters. The summed E-state index contributed by atoms with van der Waals surface area (Å²) in [5.41, 5.74) is 0. The molecule has 3 heteroatoms. The highest BCUT2D eigenvalue weighted by Crippen LogP contribution is 1.97. The van der Waals surface area contributed by atoms with E-state index in [4.69, 9.17) is 6.26 Å². The predicted octanol–water partition coefficient (Wildman–Crippen LogP) is 1.26. The summed E-state index contributed by atoms with van der Waals surface area (Å²) in [6, 6.07) is 0. The smallest absolute Gasteiger partial charge is 0.155 e. The highest BCUT2D eigenvalue weighted by Gasteiger charge is 1.99. The zero-order valence-electron chi connectivity index (χ0n) is 5.63. The third-order valence-electron chi connectivity index (χ3n) is 1.03. The van der Waals surface area contributed by atoms with Crippen LogP contribution in [0.4, 0.5) is 0 Å². The van der Waals surface area contributed by atoms with Crippen molar-refractivity contribution in [2.45, 2.75) is 26.2 Å². The molecule has 0 spiro atoms. The third-order valence-corrected chi connectivity index (χ3v) is 1.89. The lowest BCUT2D eigenvalue weighted by Gasteiger charge is -1.93.